The highest BCUT2D eigenvalue weighted by Crippen LogP contribution is 2.09. The first kappa shape index (κ1) is 11.1. The molecule has 0 aliphatic carbocycles. The number of hydrogen-bond donors (Lipinski definition) is 2. The van der Waals surface area contributed by atoms with E-state index in [1.54, 1.807) is 12.5 Å². The molecule has 0 bridgehead atoms. The Morgan fingerprint density at radius 1 is 1.81 bits per heavy atom. The number of aromatic nitrogens is 2. The Hall–Kier alpha value is -1.40. The van der Waals surface area contributed by atoms with E-state index in [0.29, 0.717) is 19.6 Å². The number of nitrogens with one attached hydrogen (secondary N) is 1. The second-order valence-electron chi connectivity index (χ2n) is 3.81. The number of nitrogens with zero attached hydrogens (tertiary/aromatic N) is 1. The molecule has 0 radical (unpaired) electrons. The molecule has 1 aliphatic heterocycles. The highest BCUT2D eigenvalue weighted by atomic mass is 16.6. The third-order valence-corrected chi connectivity index (χ3v) is 2.47. The van der Waals surface area contributed by atoms with Crippen molar-refractivity contribution in [2.24, 2.45) is 5.73 Å². The Labute approximate surface area is 93.1 Å². The summed E-state index contributed by atoms with van der Waals surface area (Å²) in [6, 6.07) is -0.652. The van der Waals surface area contributed by atoms with Gasteiger partial charge in [-0.15, -0.1) is 0 Å². The predicted octanol–water partition coefficient (Wildman–Crippen LogP) is -0.388. The molecule has 1 fully saturated rings. The van der Waals surface area contributed by atoms with Gasteiger partial charge >= 0.3 is 5.97 Å². The van der Waals surface area contributed by atoms with Crippen LogP contribution in [0.3, 0.4) is 0 Å². The Morgan fingerprint density at radius 2 is 2.69 bits per heavy atom. The van der Waals surface area contributed by atoms with Gasteiger partial charge in [0, 0.05) is 24.7 Å². The molecule has 16 heavy (non-hydrogen) atoms. The lowest BCUT2D eigenvalue weighted by Gasteiger charge is -2.14. The fourth-order valence-electron chi connectivity index (χ4n) is 1.57. The topological polar surface area (TPSA) is 90.2 Å². The largest absolute Gasteiger partial charge is 0.459 e. The van der Waals surface area contributed by atoms with Crippen LogP contribution in [-0.2, 0) is 20.7 Å². The van der Waals surface area contributed by atoms with Gasteiger partial charge in [-0.1, -0.05) is 0 Å². The number of esters is 1. The summed E-state index contributed by atoms with van der Waals surface area (Å²) in [7, 11) is 0. The molecule has 6 nitrogen and oxygen atoms in total. The van der Waals surface area contributed by atoms with E-state index in [1.807, 2.05) is 0 Å². The molecule has 2 heterocycles. The Balaban J connectivity index is 1.79. The number of ether oxygens (including phenoxy) is 2. The van der Waals surface area contributed by atoms with Crippen LogP contribution in [0, 0.1) is 0 Å². The molecule has 6 heteroatoms. The van der Waals surface area contributed by atoms with E-state index in [2.05, 4.69) is 9.97 Å². The molecule has 0 saturated carbocycles. The van der Waals surface area contributed by atoms with Gasteiger partial charge < -0.3 is 20.2 Å². The number of nitrogens with two attached hydrogens (primary N) is 1. The Kier molecular flexibility index (Phi) is 3.53. The number of imidazole rings is 1. The minimum Gasteiger partial charge on any atom is -0.459 e. The maximum Gasteiger partial charge on any atom is 0.323 e. The third kappa shape index (κ3) is 2.80. The zero-order chi connectivity index (χ0) is 11.4. The van der Waals surface area contributed by atoms with E-state index in [-0.39, 0.29) is 12.1 Å². The van der Waals surface area contributed by atoms with Gasteiger partial charge in [0.05, 0.1) is 19.5 Å². The predicted molar refractivity (Wildman–Crippen MR) is 55.6 cm³/mol. The molecule has 0 aromatic carbocycles. The van der Waals surface area contributed by atoms with Gasteiger partial charge in [-0.3, -0.25) is 4.79 Å². The fourth-order valence-corrected chi connectivity index (χ4v) is 1.57. The summed E-state index contributed by atoms with van der Waals surface area (Å²) in [5, 5.41) is 0. The van der Waals surface area contributed by atoms with Gasteiger partial charge in [-0.05, 0) is 0 Å². The van der Waals surface area contributed by atoms with Gasteiger partial charge in [0.25, 0.3) is 0 Å². The zero-order valence-electron chi connectivity index (χ0n) is 8.89. The van der Waals surface area contributed by atoms with Crippen LogP contribution >= 0.6 is 0 Å². The summed E-state index contributed by atoms with van der Waals surface area (Å²) >= 11 is 0. The maximum atomic E-state index is 11.6. The Bertz CT molecular complexity index is 333. The normalized spacial score (nSPS) is 21.9. The van der Waals surface area contributed by atoms with E-state index in [1.165, 1.54) is 0 Å². The summed E-state index contributed by atoms with van der Waals surface area (Å²) in [6.07, 6.45) is 4.22. The minimum absolute atomic E-state index is 0.139. The lowest BCUT2D eigenvalue weighted by Crippen LogP contribution is -2.37. The fraction of sp³-hybridized carbons (Fsp3) is 0.600. The summed E-state index contributed by atoms with van der Waals surface area (Å²) in [5.41, 5.74) is 6.55. The van der Waals surface area contributed by atoms with Crippen LogP contribution < -0.4 is 5.73 Å². The average Bonchev–Trinajstić information content (AvgIpc) is 2.90. The van der Waals surface area contributed by atoms with Crippen molar-refractivity contribution in [2.75, 3.05) is 13.2 Å². The number of hydrogen-bond acceptors (Lipinski definition) is 5. The van der Waals surface area contributed by atoms with E-state index < -0.39 is 6.04 Å². The number of carbonyl (C=O) groups is 1. The maximum absolute atomic E-state index is 11.6. The van der Waals surface area contributed by atoms with E-state index >= 15 is 0 Å². The molecular formula is C10H15N3O3. The van der Waals surface area contributed by atoms with Crippen LogP contribution in [0.5, 0.6) is 0 Å². The van der Waals surface area contributed by atoms with Crippen molar-refractivity contribution >= 4 is 5.97 Å². The molecule has 0 spiro atoms. The molecule has 88 valence electrons. The van der Waals surface area contributed by atoms with Gasteiger partial charge in [0.15, 0.2) is 0 Å². The average molecular weight is 225 g/mol. The molecule has 1 aliphatic rings. The summed E-state index contributed by atoms with van der Waals surface area (Å²) < 4.78 is 10.3. The van der Waals surface area contributed by atoms with Gasteiger partial charge in [0.1, 0.15) is 12.1 Å². The standard InChI is InChI=1S/C10H15N3O3/c11-9(3-7-4-12-6-13-7)10(14)16-8-1-2-15-5-8/h4,6,8-9H,1-3,5,11H2,(H,12,13)/t8?,9-/m1/s1. The van der Waals surface area contributed by atoms with E-state index in [0.717, 1.165) is 12.1 Å². The van der Waals surface area contributed by atoms with Crippen molar-refractivity contribution in [1.82, 2.24) is 9.97 Å². The smallest absolute Gasteiger partial charge is 0.323 e. The number of rotatable bonds is 4. The van der Waals surface area contributed by atoms with Crippen molar-refractivity contribution in [3.8, 4) is 0 Å². The monoisotopic (exact) mass is 225 g/mol. The van der Waals surface area contributed by atoms with Crippen LogP contribution in [0.4, 0.5) is 0 Å². The number of aromatic amines is 1. The van der Waals surface area contributed by atoms with Crippen LogP contribution in [0.15, 0.2) is 12.5 Å². The second kappa shape index (κ2) is 5.09. The molecular weight excluding hydrogens is 210 g/mol. The molecule has 1 unspecified atom stereocenters. The SMILES string of the molecule is N[C@H](Cc1cnc[nH]1)C(=O)OC1CCOC1. The lowest BCUT2D eigenvalue weighted by molar-refractivity contribution is -0.150. The lowest BCUT2D eigenvalue weighted by atomic mass is 10.2. The van der Waals surface area contributed by atoms with Crippen molar-refractivity contribution in [2.45, 2.75) is 25.0 Å². The van der Waals surface area contributed by atoms with Crippen molar-refractivity contribution in [3.63, 3.8) is 0 Å². The highest BCUT2D eigenvalue weighted by Gasteiger charge is 2.23. The van der Waals surface area contributed by atoms with Crippen molar-refractivity contribution in [1.29, 1.82) is 0 Å². The van der Waals surface area contributed by atoms with Gasteiger partial charge in [-0.2, -0.15) is 0 Å². The molecule has 1 aromatic rings. The van der Waals surface area contributed by atoms with Crippen molar-refractivity contribution in [3.05, 3.63) is 18.2 Å². The van der Waals surface area contributed by atoms with Crippen LogP contribution in [0.2, 0.25) is 0 Å². The molecule has 1 aromatic heterocycles. The molecule has 3 N–H and O–H groups in total. The molecule has 1 saturated heterocycles. The van der Waals surface area contributed by atoms with Crippen molar-refractivity contribution < 1.29 is 14.3 Å². The minimum atomic E-state index is -0.652. The number of carbonyl (C=O) groups excluding carboxylic acids is 1. The van der Waals surface area contributed by atoms with E-state index in [9.17, 15) is 4.79 Å². The third-order valence-electron chi connectivity index (χ3n) is 2.47. The van der Waals surface area contributed by atoms with Gasteiger partial charge in [0.2, 0.25) is 0 Å². The summed E-state index contributed by atoms with van der Waals surface area (Å²) in [4.78, 5) is 18.3. The number of H-pyrrole nitrogens is 1. The van der Waals surface area contributed by atoms with Gasteiger partial charge in [-0.25, -0.2) is 4.98 Å². The van der Waals surface area contributed by atoms with Crippen LogP contribution in [0.25, 0.3) is 0 Å². The second-order valence-corrected chi connectivity index (χ2v) is 3.81. The van der Waals surface area contributed by atoms with Crippen LogP contribution in [-0.4, -0.2) is 41.3 Å². The quantitative estimate of drug-likeness (QED) is 0.681. The molecule has 0 amide bonds. The summed E-state index contributed by atoms with van der Waals surface area (Å²) in [6.45, 7) is 1.12. The first-order valence-corrected chi connectivity index (χ1v) is 5.27. The summed E-state index contributed by atoms with van der Waals surface area (Å²) in [5.74, 6) is -0.384. The van der Waals surface area contributed by atoms with Crippen LogP contribution in [0.1, 0.15) is 12.1 Å². The Morgan fingerprint density at radius 3 is 3.31 bits per heavy atom. The van der Waals surface area contributed by atoms with E-state index in [4.69, 9.17) is 15.2 Å². The first-order valence-electron chi connectivity index (χ1n) is 5.27. The molecule has 2 rings (SSSR count). The first-order chi connectivity index (χ1) is 7.75. The zero-order valence-corrected chi connectivity index (χ0v) is 8.89. The molecule has 2 atom stereocenters. The highest BCUT2D eigenvalue weighted by molar-refractivity contribution is 5.76.